The van der Waals surface area contributed by atoms with Crippen molar-refractivity contribution in [3.05, 3.63) is 65.4 Å². The van der Waals surface area contributed by atoms with E-state index >= 15 is 0 Å². The molecule has 4 nitrogen and oxygen atoms in total. The summed E-state index contributed by atoms with van der Waals surface area (Å²) in [5, 5.41) is 7.33. The van der Waals surface area contributed by atoms with Crippen LogP contribution in [0.15, 0.2) is 48.5 Å². The number of aromatic nitrogens is 2. The van der Waals surface area contributed by atoms with Gasteiger partial charge in [-0.25, -0.2) is 0 Å². The standard InChI is InChI=1S/C18H19N3O/c1-12-7-13(2)9-17(8-12)22-11-16-10-18(21-20-16)14-3-5-15(19)6-4-14/h3-10H,11,19H2,1-2H3,(H,20,21). The van der Waals surface area contributed by atoms with Crippen molar-refractivity contribution in [3.8, 4) is 17.0 Å². The molecule has 0 aliphatic heterocycles. The molecule has 0 saturated carbocycles. The zero-order chi connectivity index (χ0) is 15.5. The highest BCUT2D eigenvalue weighted by Gasteiger charge is 2.05. The predicted octanol–water partition coefficient (Wildman–Crippen LogP) is 3.85. The SMILES string of the molecule is Cc1cc(C)cc(OCc2cc(-c3ccc(N)cc3)n[nH]2)c1. The fourth-order valence-electron chi connectivity index (χ4n) is 2.41. The fraction of sp³-hybridized carbons (Fsp3) is 0.167. The summed E-state index contributed by atoms with van der Waals surface area (Å²) in [7, 11) is 0. The van der Waals surface area contributed by atoms with Crippen LogP contribution in [0.5, 0.6) is 5.75 Å². The van der Waals surface area contributed by atoms with E-state index < -0.39 is 0 Å². The van der Waals surface area contributed by atoms with Crippen molar-refractivity contribution in [1.29, 1.82) is 0 Å². The highest BCUT2D eigenvalue weighted by Crippen LogP contribution is 2.21. The maximum absolute atomic E-state index is 5.83. The number of hydrogen-bond donors (Lipinski definition) is 2. The molecule has 1 aromatic heterocycles. The van der Waals surface area contributed by atoms with Crippen molar-refractivity contribution >= 4 is 5.69 Å². The Morgan fingerprint density at radius 2 is 1.68 bits per heavy atom. The first-order valence-electron chi connectivity index (χ1n) is 7.21. The molecule has 4 heteroatoms. The van der Waals surface area contributed by atoms with Crippen LogP contribution in [-0.4, -0.2) is 10.2 Å². The summed E-state index contributed by atoms with van der Waals surface area (Å²) in [4.78, 5) is 0. The number of aryl methyl sites for hydroxylation is 2. The number of aromatic amines is 1. The molecule has 0 atom stereocenters. The molecule has 0 aliphatic carbocycles. The number of anilines is 1. The van der Waals surface area contributed by atoms with Crippen LogP contribution in [-0.2, 0) is 6.61 Å². The molecule has 0 fully saturated rings. The van der Waals surface area contributed by atoms with Gasteiger partial charge in [-0.3, -0.25) is 5.10 Å². The van der Waals surface area contributed by atoms with Gasteiger partial charge in [-0.1, -0.05) is 18.2 Å². The highest BCUT2D eigenvalue weighted by atomic mass is 16.5. The zero-order valence-corrected chi connectivity index (χ0v) is 12.8. The zero-order valence-electron chi connectivity index (χ0n) is 12.8. The number of nitrogens with two attached hydrogens (primary N) is 1. The monoisotopic (exact) mass is 293 g/mol. The first-order chi connectivity index (χ1) is 10.6. The van der Waals surface area contributed by atoms with Gasteiger partial charge in [0.2, 0.25) is 0 Å². The molecule has 0 amide bonds. The van der Waals surface area contributed by atoms with E-state index in [1.165, 1.54) is 11.1 Å². The third kappa shape index (κ3) is 3.28. The summed E-state index contributed by atoms with van der Waals surface area (Å²) < 4.78 is 5.83. The van der Waals surface area contributed by atoms with Gasteiger partial charge < -0.3 is 10.5 Å². The van der Waals surface area contributed by atoms with E-state index in [4.69, 9.17) is 10.5 Å². The van der Waals surface area contributed by atoms with Crippen molar-refractivity contribution in [2.45, 2.75) is 20.5 Å². The average Bonchev–Trinajstić information content (AvgIpc) is 2.94. The van der Waals surface area contributed by atoms with Gasteiger partial charge >= 0.3 is 0 Å². The van der Waals surface area contributed by atoms with Crippen LogP contribution >= 0.6 is 0 Å². The van der Waals surface area contributed by atoms with Crippen LogP contribution in [0.1, 0.15) is 16.8 Å². The molecule has 0 saturated heterocycles. The fourth-order valence-corrected chi connectivity index (χ4v) is 2.41. The predicted molar refractivity (Wildman–Crippen MR) is 88.7 cm³/mol. The number of benzene rings is 2. The van der Waals surface area contributed by atoms with Crippen molar-refractivity contribution in [2.75, 3.05) is 5.73 Å². The molecular weight excluding hydrogens is 274 g/mol. The average molecular weight is 293 g/mol. The summed E-state index contributed by atoms with van der Waals surface area (Å²) in [6, 6.07) is 15.8. The normalized spacial score (nSPS) is 10.6. The molecular formula is C18H19N3O. The highest BCUT2D eigenvalue weighted by molar-refractivity contribution is 5.61. The molecule has 22 heavy (non-hydrogen) atoms. The Morgan fingerprint density at radius 1 is 1.00 bits per heavy atom. The van der Waals surface area contributed by atoms with E-state index in [0.29, 0.717) is 6.61 Å². The lowest BCUT2D eigenvalue weighted by Gasteiger charge is -2.06. The summed E-state index contributed by atoms with van der Waals surface area (Å²) in [5.74, 6) is 0.876. The number of nitrogen functional groups attached to an aromatic ring is 1. The lowest BCUT2D eigenvalue weighted by molar-refractivity contribution is 0.301. The Morgan fingerprint density at radius 3 is 2.36 bits per heavy atom. The van der Waals surface area contributed by atoms with Crippen molar-refractivity contribution in [2.24, 2.45) is 0 Å². The molecule has 3 aromatic rings. The number of rotatable bonds is 4. The minimum absolute atomic E-state index is 0.463. The van der Waals surface area contributed by atoms with Crippen molar-refractivity contribution in [3.63, 3.8) is 0 Å². The molecule has 0 bridgehead atoms. The maximum Gasteiger partial charge on any atom is 0.130 e. The Hall–Kier alpha value is -2.75. The number of ether oxygens (including phenoxy) is 1. The Kier molecular flexibility index (Phi) is 3.83. The van der Waals surface area contributed by atoms with Crippen LogP contribution in [0, 0.1) is 13.8 Å². The van der Waals surface area contributed by atoms with Gasteiger partial charge in [0, 0.05) is 11.3 Å². The summed E-state index contributed by atoms with van der Waals surface area (Å²) in [6.45, 7) is 4.59. The van der Waals surface area contributed by atoms with Gasteiger partial charge in [0.15, 0.2) is 0 Å². The molecule has 3 rings (SSSR count). The van der Waals surface area contributed by atoms with E-state index in [-0.39, 0.29) is 0 Å². The second kappa shape index (κ2) is 5.93. The second-order valence-electron chi connectivity index (χ2n) is 5.51. The molecule has 1 heterocycles. The van der Waals surface area contributed by atoms with Crippen LogP contribution in [0.3, 0.4) is 0 Å². The van der Waals surface area contributed by atoms with Crippen LogP contribution in [0.2, 0.25) is 0 Å². The van der Waals surface area contributed by atoms with Gasteiger partial charge in [0.25, 0.3) is 0 Å². The van der Waals surface area contributed by atoms with Gasteiger partial charge in [0.1, 0.15) is 12.4 Å². The molecule has 3 N–H and O–H groups in total. The van der Waals surface area contributed by atoms with E-state index in [9.17, 15) is 0 Å². The van der Waals surface area contributed by atoms with E-state index in [2.05, 4.69) is 30.1 Å². The van der Waals surface area contributed by atoms with E-state index in [1.807, 2.05) is 42.5 Å². The molecule has 0 spiro atoms. The maximum atomic E-state index is 5.83. The number of nitrogens with zero attached hydrogens (tertiary/aromatic N) is 1. The summed E-state index contributed by atoms with van der Waals surface area (Å²) >= 11 is 0. The Balaban J connectivity index is 1.70. The van der Waals surface area contributed by atoms with E-state index in [1.54, 1.807) is 0 Å². The van der Waals surface area contributed by atoms with E-state index in [0.717, 1.165) is 28.4 Å². The lowest BCUT2D eigenvalue weighted by Crippen LogP contribution is -1.96. The lowest BCUT2D eigenvalue weighted by atomic mass is 10.1. The van der Waals surface area contributed by atoms with Gasteiger partial charge in [-0.2, -0.15) is 5.10 Å². The van der Waals surface area contributed by atoms with Crippen molar-refractivity contribution < 1.29 is 4.74 Å². The number of nitrogens with one attached hydrogen (secondary N) is 1. The summed E-state index contributed by atoms with van der Waals surface area (Å²) in [6.07, 6.45) is 0. The summed E-state index contributed by atoms with van der Waals surface area (Å²) in [5.41, 5.74) is 11.7. The van der Waals surface area contributed by atoms with Gasteiger partial charge in [-0.05, 0) is 55.3 Å². The first-order valence-corrected chi connectivity index (χ1v) is 7.21. The first kappa shape index (κ1) is 14.2. The number of hydrogen-bond acceptors (Lipinski definition) is 3. The van der Waals surface area contributed by atoms with Crippen LogP contribution < -0.4 is 10.5 Å². The molecule has 112 valence electrons. The molecule has 0 unspecified atom stereocenters. The van der Waals surface area contributed by atoms with Crippen LogP contribution in [0.4, 0.5) is 5.69 Å². The minimum atomic E-state index is 0.463. The van der Waals surface area contributed by atoms with Crippen molar-refractivity contribution in [1.82, 2.24) is 10.2 Å². The topological polar surface area (TPSA) is 63.9 Å². The Labute approximate surface area is 129 Å². The smallest absolute Gasteiger partial charge is 0.130 e. The Bertz CT molecular complexity index is 755. The molecule has 2 aromatic carbocycles. The van der Waals surface area contributed by atoms with Gasteiger partial charge in [-0.15, -0.1) is 0 Å². The van der Waals surface area contributed by atoms with Crippen LogP contribution in [0.25, 0.3) is 11.3 Å². The molecule has 0 aliphatic rings. The molecule has 0 radical (unpaired) electrons. The quantitative estimate of drug-likeness (QED) is 0.718. The minimum Gasteiger partial charge on any atom is -0.487 e. The third-order valence-electron chi connectivity index (χ3n) is 3.43. The number of H-pyrrole nitrogens is 1. The largest absolute Gasteiger partial charge is 0.487 e. The second-order valence-corrected chi connectivity index (χ2v) is 5.51. The van der Waals surface area contributed by atoms with Gasteiger partial charge in [0.05, 0.1) is 11.4 Å². The third-order valence-corrected chi connectivity index (χ3v) is 3.43.